The van der Waals surface area contributed by atoms with Crippen molar-refractivity contribution in [1.82, 2.24) is 0 Å². The second kappa shape index (κ2) is 13.5. The molecule has 0 aliphatic rings. The van der Waals surface area contributed by atoms with Crippen molar-refractivity contribution in [2.75, 3.05) is 19.1 Å². The van der Waals surface area contributed by atoms with Crippen LogP contribution in [0.3, 0.4) is 0 Å². The normalized spacial score (nSPS) is 11.2. The zero-order valence-electron chi connectivity index (χ0n) is 10.8. The van der Waals surface area contributed by atoms with Crippen LogP contribution in [0.2, 0.25) is 6.04 Å². The highest BCUT2D eigenvalue weighted by Crippen LogP contribution is 2.07. The molecule has 0 aromatic heterocycles. The maximum atomic E-state index is 5.85. The van der Waals surface area contributed by atoms with Crippen LogP contribution in [0.5, 0.6) is 0 Å². The molecule has 0 rings (SSSR count). The highest BCUT2D eigenvalue weighted by Gasteiger charge is 2.12. The van der Waals surface area contributed by atoms with Crippen molar-refractivity contribution in [1.29, 1.82) is 0 Å². The van der Waals surface area contributed by atoms with Crippen molar-refractivity contribution in [3.8, 4) is 0 Å². The highest BCUT2D eigenvalue weighted by molar-refractivity contribution is 6.44. The van der Waals surface area contributed by atoms with Crippen LogP contribution >= 0.6 is 11.6 Å². The van der Waals surface area contributed by atoms with E-state index in [2.05, 4.69) is 13.8 Å². The molecule has 0 N–H and O–H groups in total. The quantitative estimate of drug-likeness (QED) is 0.303. The minimum absolute atomic E-state index is 0.755. The Labute approximate surface area is 108 Å². The van der Waals surface area contributed by atoms with Crippen molar-refractivity contribution in [3.05, 3.63) is 0 Å². The predicted molar refractivity (Wildman–Crippen MR) is 73.6 cm³/mol. The summed E-state index contributed by atoms with van der Waals surface area (Å²) in [6.45, 7) is 6.12. The van der Waals surface area contributed by atoms with E-state index in [9.17, 15) is 0 Å². The fraction of sp³-hybridized carbons (Fsp3) is 1.00. The van der Waals surface area contributed by atoms with Gasteiger partial charge >= 0.3 is 9.28 Å². The molecule has 0 saturated carbocycles. The largest absolute Gasteiger partial charge is 0.397 e. The van der Waals surface area contributed by atoms with Crippen LogP contribution in [0.15, 0.2) is 0 Å². The molecule has 0 atom stereocenters. The zero-order chi connectivity index (χ0) is 12.1. The van der Waals surface area contributed by atoms with Gasteiger partial charge in [-0.1, -0.05) is 33.1 Å². The molecule has 0 saturated heterocycles. The average molecular weight is 267 g/mol. The molecular weight excluding hydrogens is 240 g/mol. The van der Waals surface area contributed by atoms with E-state index in [0.29, 0.717) is 0 Å². The van der Waals surface area contributed by atoms with Gasteiger partial charge in [0, 0.05) is 19.1 Å². The lowest BCUT2D eigenvalue weighted by Gasteiger charge is -2.16. The van der Waals surface area contributed by atoms with Crippen molar-refractivity contribution in [2.45, 2.75) is 58.4 Å². The van der Waals surface area contributed by atoms with Gasteiger partial charge in [0.25, 0.3) is 0 Å². The monoisotopic (exact) mass is 266 g/mol. The molecule has 0 aliphatic carbocycles. The summed E-state index contributed by atoms with van der Waals surface area (Å²) >= 11 is 5.67. The smallest absolute Gasteiger partial charge is 0.321 e. The van der Waals surface area contributed by atoms with Crippen molar-refractivity contribution >= 4 is 20.9 Å². The fourth-order valence-electron chi connectivity index (χ4n) is 1.34. The Kier molecular flexibility index (Phi) is 13.9. The molecule has 0 heterocycles. The Bertz CT molecular complexity index is 112. The summed E-state index contributed by atoms with van der Waals surface area (Å²) in [5, 5.41) is 0. The van der Waals surface area contributed by atoms with E-state index >= 15 is 0 Å². The van der Waals surface area contributed by atoms with Gasteiger partial charge in [0.2, 0.25) is 0 Å². The third-order valence-corrected chi connectivity index (χ3v) is 4.79. The average Bonchev–Trinajstić information content (AvgIpc) is 2.29. The fourth-order valence-corrected chi connectivity index (χ4v) is 3.44. The minimum atomic E-state index is -1.39. The molecule has 0 aliphatic heterocycles. The molecule has 0 fully saturated rings. The van der Waals surface area contributed by atoms with Gasteiger partial charge in [0.05, 0.1) is 0 Å². The van der Waals surface area contributed by atoms with Gasteiger partial charge in [-0.2, -0.15) is 0 Å². The summed E-state index contributed by atoms with van der Waals surface area (Å²) in [6, 6.07) is 1.11. The van der Waals surface area contributed by atoms with Crippen LogP contribution in [0.4, 0.5) is 0 Å². The SMILES string of the molecule is CCCCO[SiH](CCCCCl)OCCCC. The molecule has 0 aromatic carbocycles. The maximum absolute atomic E-state index is 5.85. The lowest BCUT2D eigenvalue weighted by molar-refractivity contribution is 0.191. The van der Waals surface area contributed by atoms with Crippen LogP contribution in [-0.2, 0) is 8.85 Å². The first-order valence-corrected chi connectivity index (χ1v) is 8.93. The third-order valence-electron chi connectivity index (χ3n) is 2.43. The first kappa shape index (κ1) is 16.4. The van der Waals surface area contributed by atoms with Gasteiger partial charge in [0.1, 0.15) is 0 Å². The number of hydrogen-bond acceptors (Lipinski definition) is 2. The molecule has 2 nitrogen and oxygen atoms in total. The Hall–Kier alpha value is 0.427. The number of halogens is 1. The minimum Gasteiger partial charge on any atom is -0.397 e. The van der Waals surface area contributed by atoms with Gasteiger partial charge < -0.3 is 8.85 Å². The Balaban J connectivity index is 3.58. The molecular formula is C12H27ClO2Si. The summed E-state index contributed by atoms with van der Waals surface area (Å²) < 4.78 is 11.7. The molecule has 0 radical (unpaired) electrons. The van der Waals surface area contributed by atoms with Gasteiger partial charge in [-0.25, -0.2) is 0 Å². The van der Waals surface area contributed by atoms with E-state index < -0.39 is 9.28 Å². The van der Waals surface area contributed by atoms with Gasteiger partial charge in [-0.3, -0.25) is 0 Å². The number of hydrogen-bond donors (Lipinski definition) is 0. The number of unbranched alkanes of at least 4 members (excludes halogenated alkanes) is 3. The summed E-state index contributed by atoms with van der Waals surface area (Å²) in [7, 11) is -1.39. The molecule has 98 valence electrons. The van der Waals surface area contributed by atoms with Crippen LogP contribution < -0.4 is 0 Å². The lowest BCUT2D eigenvalue weighted by Crippen LogP contribution is -2.24. The van der Waals surface area contributed by atoms with Crippen molar-refractivity contribution in [3.63, 3.8) is 0 Å². The van der Waals surface area contributed by atoms with E-state index in [1.54, 1.807) is 0 Å². The van der Waals surface area contributed by atoms with E-state index in [-0.39, 0.29) is 0 Å². The maximum Gasteiger partial charge on any atom is 0.321 e. The van der Waals surface area contributed by atoms with E-state index in [1.807, 2.05) is 0 Å². The van der Waals surface area contributed by atoms with Crippen molar-refractivity contribution in [2.24, 2.45) is 0 Å². The first-order valence-electron chi connectivity index (χ1n) is 6.64. The molecule has 16 heavy (non-hydrogen) atoms. The number of rotatable bonds is 12. The third kappa shape index (κ3) is 10.9. The molecule has 0 bridgehead atoms. The highest BCUT2D eigenvalue weighted by atomic mass is 35.5. The first-order chi connectivity index (χ1) is 7.85. The topological polar surface area (TPSA) is 18.5 Å². The van der Waals surface area contributed by atoms with Crippen LogP contribution in [0.1, 0.15) is 52.4 Å². The Morgan fingerprint density at radius 1 is 0.875 bits per heavy atom. The molecule has 0 amide bonds. The van der Waals surface area contributed by atoms with E-state index in [0.717, 1.165) is 50.8 Å². The predicted octanol–water partition coefficient (Wildman–Crippen LogP) is 3.86. The van der Waals surface area contributed by atoms with E-state index in [4.69, 9.17) is 20.5 Å². The Morgan fingerprint density at radius 3 is 1.88 bits per heavy atom. The molecule has 0 spiro atoms. The lowest BCUT2D eigenvalue weighted by atomic mass is 10.4. The van der Waals surface area contributed by atoms with Gasteiger partial charge in [-0.15, -0.1) is 11.6 Å². The van der Waals surface area contributed by atoms with E-state index in [1.165, 1.54) is 12.8 Å². The van der Waals surface area contributed by atoms with Gasteiger partial charge in [-0.05, 0) is 25.3 Å². The standard InChI is InChI=1S/C12H27ClO2Si/c1-3-5-10-14-16(12-8-7-9-13)15-11-6-4-2/h16H,3-12H2,1-2H3. The van der Waals surface area contributed by atoms with Crippen LogP contribution in [-0.4, -0.2) is 28.4 Å². The van der Waals surface area contributed by atoms with Crippen LogP contribution in [0.25, 0.3) is 0 Å². The molecule has 0 unspecified atom stereocenters. The summed E-state index contributed by atoms with van der Waals surface area (Å²) in [5.41, 5.74) is 0. The van der Waals surface area contributed by atoms with Crippen LogP contribution in [0, 0.1) is 0 Å². The second-order valence-corrected chi connectivity index (χ2v) is 6.54. The summed E-state index contributed by atoms with van der Waals surface area (Å²) in [4.78, 5) is 0. The molecule has 4 heteroatoms. The zero-order valence-corrected chi connectivity index (χ0v) is 12.8. The molecule has 0 aromatic rings. The Morgan fingerprint density at radius 2 is 1.44 bits per heavy atom. The van der Waals surface area contributed by atoms with Gasteiger partial charge in [0.15, 0.2) is 0 Å². The second-order valence-electron chi connectivity index (χ2n) is 4.06. The number of alkyl halides is 1. The summed E-state index contributed by atoms with van der Waals surface area (Å²) in [6.07, 6.45) is 6.92. The van der Waals surface area contributed by atoms with Crippen molar-refractivity contribution < 1.29 is 8.85 Å². The summed E-state index contributed by atoms with van der Waals surface area (Å²) in [5.74, 6) is 0.755.